The highest BCUT2D eigenvalue weighted by atomic mass is 32.2. The second-order valence-electron chi connectivity index (χ2n) is 7.41. The molecule has 2 aliphatic heterocycles. The van der Waals surface area contributed by atoms with Gasteiger partial charge in [0.05, 0.1) is 12.2 Å². The van der Waals surface area contributed by atoms with Crippen molar-refractivity contribution >= 4 is 39.8 Å². The van der Waals surface area contributed by atoms with Crippen LogP contribution in [0.5, 0.6) is 5.75 Å². The summed E-state index contributed by atoms with van der Waals surface area (Å²) in [4.78, 5) is 17.0. The lowest BCUT2D eigenvalue weighted by atomic mass is 10.1. The lowest BCUT2D eigenvalue weighted by molar-refractivity contribution is -0.114. The summed E-state index contributed by atoms with van der Waals surface area (Å²) in [6.07, 6.45) is 4.23. The molecule has 0 atom stereocenters. The Hall–Kier alpha value is -3.91. The van der Waals surface area contributed by atoms with Crippen molar-refractivity contribution in [1.82, 2.24) is 9.58 Å². The maximum Gasteiger partial charge on any atom is 0.283 e. The molecule has 5 rings (SSSR count). The van der Waals surface area contributed by atoms with Crippen LogP contribution in [0.4, 0.5) is 0 Å². The van der Waals surface area contributed by atoms with Crippen molar-refractivity contribution in [3.8, 4) is 11.4 Å². The van der Waals surface area contributed by atoms with E-state index in [1.165, 1.54) is 16.8 Å². The van der Waals surface area contributed by atoms with Crippen molar-refractivity contribution in [3.05, 3.63) is 89.8 Å². The molecule has 0 radical (unpaired) electrons. The summed E-state index contributed by atoms with van der Waals surface area (Å²) in [5.74, 6) is 0.393. The fraction of sp³-hybridized carbons (Fsp3) is 0.120. The van der Waals surface area contributed by atoms with Gasteiger partial charge in [0.25, 0.3) is 5.91 Å². The third kappa shape index (κ3) is 4.25. The standard InChI is InChI=1S/C25H21N5O2S/c1-2-32-20-12-10-18(11-13-20)29-14-6-9-19(29)16-21-23(26)30-25(27-24(21)31)33-22(28-30)15-17-7-4-3-5-8-17/h3-14,16,26H,2,15H2,1H3/b21-16-,26-23?. The summed E-state index contributed by atoms with van der Waals surface area (Å²) in [6.45, 7) is 2.55. The van der Waals surface area contributed by atoms with Gasteiger partial charge in [-0.1, -0.05) is 30.3 Å². The Labute approximate surface area is 195 Å². The lowest BCUT2D eigenvalue weighted by Crippen LogP contribution is -2.35. The molecule has 1 amide bonds. The molecular weight excluding hydrogens is 434 g/mol. The molecule has 0 bridgehead atoms. The predicted molar refractivity (Wildman–Crippen MR) is 132 cm³/mol. The van der Waals surface area contributed by atoms with Crippen LogP contribution in [0.15, 0.2) is 88.6 Å². The van der Waals surface area contributed by atoms with E-state index < -0.39 is 5.91 Å². The van der Waals surface area contributed by atoms with Crippen molar-refractivity contribution in [3.63, 3.8) is 0 Å². The summed E-state index contributed by atoms with van der Waals surface area (Å²) in [7, 11) is 0. The summed E-state index contributed by atoms with van der Waals surface area (Å²) in [6, 6.07) is 21.5. The SMILES string of the molecule is CCOc1ccc(-n2cccc2/C=C2/C(=N)N3N=C(Cc4ccccc4)SC3=NC2=O)cc1. The van der Waals surface area contributed by atoms with Crippen LogP contribution in [0.2, 0.25) is 0 Å². The highest BCUT2D eigenvalue weighted by Crippen LogP contribution is 2.30. The number of amidine groups is 2. The number of ether oxygens (including phenoxy) is 1. The van der Waals surface area contributed by atoms with Crippen molar-refractivity contribution in [2.24, 2.45) is 10.1 Å². The Morgan fingerprint density at radius 3 is 2.61 bits per heavy atom. The van der Waals surface area contributed by atoms with Gasteiger partial charge in [-0.15, -0.1) is 0 Å². The van der Waals surface area contributed by atoms with Gasteiger partial charge in [0.1, 0.15) is 10.8 Å². The maximum atomic E-state index is 12.8. The molecule has 33 heavy (non-hydrogen) atoms. The van der Waals surface area contributed by atoms with Crippen LogP contribution in [0.1, 0.15) is 18.2 Å². The fourth-order valence-electron chi connectivity index (χ4n) is 3.64. The number of hydrazone groups is 1. The Balaban J connectivity index is 1.41. The van der Waals surface area contributed by atoms with Gasteiger partial charge in [-0.2, -0.15) is 15.1 Å². The van der Waals surface area contributed by atoms with Gasteiger partial charge in [-0.25, -0.2) is 0 Å². The second-order valence-corrected chi connectivity index (χ2v) is 8.45. The summed E-state index contributed by atoms with van der Waals surface area (Å²) < 4.78 is 7.47. The Kier molecular flexibility index (Phi) is 5.66. The fourth-order valence-corrected chi connectivity index (χ4v) is 4.56. The van der Waals surface area contributed by atoms with Gasteiger partial charge in [0.2, 0.25) is 5.17 Å². The molecule has 3 heterocycles. The van der Waals surface area contributed by atoms with E-state index in [4.69, 9.17) is 10.1 Å². The number of aromatic nitrogens is 1. The molecule has 1 aromatic heterocycles. The molecule has 0 fully saturated rings. The zero-order valence-corrected chi connectivity index (χ0v) is 18.7. The van der Waals surface area contributed by atoms with Crippen LogP contribution in [0, 0.1) is 5.41 Å². The quantitative estimate of drug-likeness (QED) is 0.545. The van der Waals surface area contributed by atoms with E-state index in [9.17, 15) is 4.79 Å². The monoisotopic (exact) mass is 455 g/mol. The van der Waals surface area contributed by atoms with Crippen LogP contribution in [0.25, 0.3) is 11.8 Å². The van der Waals surface area contributed by atoms with Crippen LogP contribution in [0.3, 0.4) is 0 Å². The molecule has 0 aliphatic carbocycles. The molecule has 2 aromatic carbocycles. The zero-order chi connectivity index (χ0) is 22.8. The lowest BCUT2D eigenvalue weighted by Gasteiger charge is -2.20. The van der Waals surface area contributed by atoms with Crippen molar-refractivity contribution in [1.29, 1.82) is 5.41 Å². The number of fused-ring (bicyclic) bond motifs is 1. The first kappa shape index (κ1) is 21.0. The van der Waals surface area contributed by atoms with Crippen LogP contribution in [-0.4, -0.2) is 38.1 Å². The Morgan fingerprint density at radius 2 is 1.85 bits per heavy atom. The highest BCUT2D eigenvalue weighted by Gasteiger charge is 2.35. The first-order chi connectivity index (χ1) is 16.1. The van der Waals surface area contributed by atoms with Crippen LogP contribution >= 0.6 is 11.8 Å². The summed E-state index contributed by atoms with van der Waals surface area (Å²) in [5.41, 5.74) is 3.02. The molecule has 0 spiro atoms. The Morgan fingerprint density at radius 1 is 1.06 bits per heavy atom. The molecule has 0 saturated carbocycles. The molecule has 164 valence electrons. The van der Waals surface area contributed by atoms with E-state index in [1.54, 1.807) is 6.08 Å². The maximum absolute atomic E-state index is 12.8. The molecule has 3 aromatic rings. The Bertz CT molecular complexity index is 1310. The number of hydrogen-bond acceptors (Lipinski definition) is 5. The molecule has 1 N–H and O–H groups in total. The van der Waals surface area contributed by atoms with Gasteiger partial charge in [0, 0.05) is 24.0 Å². The third-order valence-corrected chi connectivity index (χ3v) is 6.10. The van der Waals surface area contributed by atoms with Crippen molar-refractivity contribution in [2.45, 2.75) is 13.3 Å². The van der Waals surface area contributed by atoms with E-state index >= 15 is 0 Å². The number of nitrogens with one attached hydrogen (secondary N) is 1. The molecular formula is C25H21N5O2S. The van der Waals surface area contributed by atoms with Crippen molar-refractivity contribution in [2.75, 3.05) is 6.61 Å². The first-order valence-corrected chi connectivity index (χ1v) is 11.4. The highest BCUT2D eigenvalue weighted by molar-refractivity contribution is 8.26. The molecule has 2 aliphatic rings. The van der Waals surface area contributed by atoms with E-state index in [0.717, 1.165) is 27.7 Å². The average Bonchev–Trinajstić information content (AvgIpc) is 3.45. The topological polar surface area (TPSA) is 83.0 Å². The van der Waals surface area contributed by atoms with Gasteiger partial charge < -0.3 is 9.30 Å². The van der Waals surface area contributed by atoms with Crippen LogP contribution in [-0.2, 0) is 11.2 Å². The number of nitrogens with zero attached hydrogens (tertiary/aromatic N) is 4. The summed E-state index contributed by atoms with van der Waals surface area (Å²) in [5, 5.41) is 15.9. The smallest absolute Gasteiger partial charge is 0.283 e. The minimum atomic E-state index is -0.436. The summed E-state index contributed by atoms with van der Waals surface area (Å²) >= 11 is 1.33. The van der Waals surface area contributed by atoms with Gasteiger partial charge >= 0.3 is 0 Å². The van der Waals surface area contributed by atoms with E-state index in [0.29, 0.717) is 18.2 Å². The van der Waals surface area contributed by atoms with Gasteiger partial charge in [-0.05, 0) is 66.7 Å². The minimum absolute atomic E-state index is 0.0278. The zero-order valence-electron chi connectivity index (χ0n) is 17.9. The minimum Gasteiger partial charge on any atom is -0.494 e. The second kappa shape index (κ2) is 8.91. The number of amides is 1. The third-order valence-electron chi connectivity index (χ3n) is 5.19. The van der Waals surface area contributed by atoms with Gasteiger partial charge in [0.15, 0.2) is 5.84 Å². The van der Waals surface area contributed by atoms with Crippen LogP contribution < -0.4 is 4.74 Å². The normalized spacial score (nSPS) is 16.6. The predicted octanol–water partition coefficient (Wildman–Crippen LogP) is 4.74. The van der Waals surface area contributed by atoms with E-state index in [2.05, 4.69) is 10.1 Å². The van der Waals surface area contributed by atoms with Crippen molar-refractivity contribution < 1.29 is 9.53 Å². The molecule has 0 unspecified atom stereocenters. The number of thioether (sulfide) groups is 1. The number of hydrogen-bond donors (Lipinski definition) is 1. The number of rotatable bonds is 6. The number of carbonyl (C=O) groups is 1. The molecule has 0 saturated heterocycles. The first-order valence-electron chi connectivity index (χ1n) is 10.6. The van der Waals surface area contributed by atoms with Gasteiger partial charge in [-0.3, -0.25) is 10.2 Å². The average molecular weight is 456 g/mol. The van der Waals surface area contributed by atoms with E-state index in [1.807, 2.05) is 84.4 Å². The molecule has 7 nitrogen and oxygen atoms in total. The van der Waals surface area contributed by atoms with E-state index in [-0.39, 0.29) is 11.4 Å². The number of aliphatic imine (C=N–C) groups is 1. The molecule has 8 heteroatoms. The number of carbonyl (C=O) groups excluding carboxylic acids is 1. The largest absolute Gasteiger partial charge is 0.494 e. The number of benzene rings is 2.